The van der Waals surface area contributed by atoms with Gasteiger partial charge in [-0.15, -0.1) is 0 Å². The highest BCUT2D eigenvalue weighted by Crippen LogP contribution is 2.22. The number of aliphatic carboxylic acids is 1. The van der Waals surface area contributed by atoms with Crippen LogP contribution < -0.4 is 0 Å². The Morgan fingerprint density at radius 1 is 1.46 bits per heavy atom. The van der Waals surface area contributed by atoms with E-state index in [0.717, 1.165) is 0 Å². The van der Waals surface area contributed by atoms with Crippen LogP contribution in [0, 0.1) is 6.92 Å². The molecule has 0 aliphatic rings. The first-order chi connectivity index (χ1) is 6.02. The van der Waals surface area contributed by atoms with Gasteiger partial charge in [0.2, 0.25) is 0 Å². The van der Waals surface area contributed by atoms with E-state index in [0.29, 0.717) is 5.56 Å². The van der Waals surface area contributed by atoms with E-state index in [2.05, 4.69) is 0 Å². The van der Waals surface area contributed by atoms with Crippen molar-refractivity contribution >= 4 is 5.97 Å². The number of hydrogen-bond donors (Lipinski definition) is 3. The van der Waals surface area contributed by atoms with Crippen LogP contribution in [-0.4, -0.2) is 21.3 Å². The first-order valence-electron chi connectivity index (χ1n) is 3.72. The number of benzene rings is 1. The predicted molar refractivity (Wildman–Crippen MR) is 45.4 cm³/mol. The second-order valence-corrected chi connectivity index (χ2v) is 2.78. The molecular weight excluding hydrogens is 172 g/mol. The van der Waals surface area contributed by atoms with E-state index in [-0.39, 0.29) is 11.3 Å². The molecule has 0 saturated heterocycles. The van der Waals surface area contributed by atoms with E-state index in [4.69, 9.17) is 10.2 Å². The fraction of sp³-hybridized carbons (Fsp3) is 0.222. The highest BCUT2D eigenvalue weighted by molar-refractivity contribution is 5.74. The molecule has 0 heterocycles. The molecular formula is C9H10O4. The zero-order valence-corrected chi connectivity index (χ0v) is 7.06. The van der Waals surface area contributed by atoms with Crippen molar-refractivity contribution < 1.29 is 20.1 Å². The molecule has 1 rings (SSSR count). The number of carboxylic acid groups (broad SMARTS) is 1. The Balaban J connectivity index is 3.12. The summed E-state index contributed by atoms with van der Waals surface area (Å²) in [5, 5.41) is 26.8. The minimum atomic E-state index is -1.58. The Kier molecular flexibility index (Phi) is 2.53. The van der Waals surface area contributed by atoms with Crippen LogP contribution in [-0.2, 0) is 4.79 Å². The number of phenols is 1. The molecule has 13 heavy (non-hydrogen) atoms. The molecule has 4 heteroatoms. The highest BCUT2D eigenvalue weighted by Gasteiger charge is 2.18. The standard InChI is InChI=1S/C9H10O4/c1-5-2-3-6(10)4-7(5)8(11)9(12)13/h2-4,8,10-11H,1H3,(H,12,13). The Morgan fingerprint density at radius 3 is 2.62 bits per heavy atom. The molecule has 1 unspecified atom stereocenters. The van der Waals surface area contributed by atoms with Crippen LogP contribution in [0.1, 0.15) is 17.2 Å². The third-order valence-electron chi connectivity index (χ3n) is 1.79. The van der Waals surface area contributed by atoms with Gasteiger partial charge < -0.3 is 15.3 Å². The molecule has 1 aromatic carbocycles. The van der Waals surface area contributed by atoms with E-state index in [1.54, 1.807) is 13.0 Å². The maximum absolute atomic E-state index is 10.4. The largest absolute Gasteiger partial charge is 0.508 e. The lowest BCUT2D eigenvalue weighted by atomic mass is 10.0. The van der Waals surface area contributed by atoms with E-state index >= 15 is 0 Å². The number of phenolic OH excluding ortho intramolecular Hbond substituents is 1. The zero-order chi connectivity index (χ0) is 10.0. The van der Waals surface area contributed by atoms with Gasteiger partial charge in [-0.2, -0.15) is 0 Å². The average molecular weight is 182 g/mol. The van der Waals surface area contributed by atoms with Crippen LogP contribution in [0.2, 0.25) is 0 Å². The monoisotopic (exact) mass is 182 g/mol. The molecule has 3 N–H and O–H groups in total. The van der Waals surface area contributed by atoms with Crippen LogP contribution in [0.5, 0.6) is 5.75 Å². The van der Waals surface area contributed by atoms with Crippen LogP contribution in [0.3, 0.4) is 0 Å². The molecule has 0 fully saturated rings. The van der Waals surface area contributed by atoms with Gasteiger partial charge in [-0.05, 0) is 30.2 Å². The molecule has 0 radical (unpaired) electrons. The summed E-state index contributed by atoms with van der Waals surface area (Å²) in [7, 11) is 0. The summed E-state index contributed by atoms with van der Waals surface area (Å²) in [4.78, 5) is 10.4. The molecule has 1 aromatic rings. The summed E-state index contributed by atoms with van der Waals surface area (Å²) in [6.07, 6.45) is -1.58. The van der Waals surface area contributed by atoms with Crippen molar-refractivity contribution in [3.05, 3.63) is 29.3 Å². The van der Waals surface area contributed by atoms with Crippen molar-refractivity contribution in [3.63, 3.8) is 0 Å². The lowest BCUT2D eigenvalue weighted by molar-refractivity contribution is -0.147. The lowest BCUT2D eigenvalue weighted by Crippen LogP contribution is -2.11. The Labute approximate surface area is 75.1 Å². The molecule has 0 aliphatic heterocycles. The molecule has 0 amide bonds. The van der Waals surface area contributed by atoms with Crippen molar-refractivity contribution in [2.75, 3.05) is 0 Å². The smallest absolute Gasteiger partial charge is 0.337 e. The van der Waals surface area contributed by atoms with Crippen molar-refractivity contribution in [3.8, 4) is 5.75 Å². The van der Waals surface area contributed by atoms with E-state index in [9.17, 15) is 9.90 Å². The summed E-state index contributed by atoms with van der Waals surface area (Å²) in [5.74, 6) is -1.38. The van der Waals surface area contributed by atoms with Gasteiger partial charge in [-0.25, -0.2) is 4.79 Å². The third kappa shape index (κ3) is 1.97. The Morgan fingerprint density at radius 2 is 2.08 bits per heavy atom. The van der Waals surface area contributed by atoms with E-state index in [1.807, 2.05) is 0 Å². The maximum atomic E-state index is 10.4. The van der Waals surface area contributed by atoms with Gasteiger partial charge in [0, 0.05) is 0 Å². The second kappa shape index (κ2) is 3.45. The molecule has 0 saturated carbocycles. The summed E-state index contributed by atoms with van der Waals surface area (Å²) in [5.41, 5.74) is 0.847. The number of carbonyl (C=O) groups is 1. The number of aliphatic hydroxyl groups excluding tert-OH is 1. The van der Waals surface area contributed by atoms with Crippen molar-refractivity contribution in [1.82, 2.24) is 0 Å². The van der Waals surface area contributed by atoms with Gasteiger partial charge in [-0.1, -0.05) is 6.07 Å². The van der Waals surface area contributed by atoms with Crippen LogP contribution in [0.25, 0.3) is 0 Å². The Hall–Kier alpha value is -1.55. The van der Waals surface area contributed by atoms with Gasteiger partial charge in [0.15, 0.2) is 6.10 Å². The van der Waals surface area contributed by atoms with E-state index < -0.39 is 12.1 Å². The van der Waals surface area contributed by atoms with Gasteiger partial charge >= 0.3 is 5.97 Å². The number of carboxylic acids is 1. The maximum Gasteiger partial charge on any atom is 0.337 e. The highest BCUT2D eigenvalue weighted by atomic mass is 16.4. The van der Waals surface area contributed by atoms with Crippen LogP contribution in [0.15, 0.2) is 18.2 Å². The molecule has 4 nitrogen and oxygen atoms in total. The van der Waals surface area contributed by atoms with Gasteiger partial charge in [0.25, 0.3) is 0 Å². The lowest BCUT2D eigenvalue weighted by Gasteiger charge is -2.09. The van der Waals surface area contributed by atoms with Gasteiger partial charge in [-0.3, -0.25) is 0 Å². The first kappa shape index (κ1) is 9.54. The fourth-order valence-corrected chi connectivity index (χ4v) is 1.06. The van der Waals surface area contributed by atoms with Gasteiger partial charge in [0.1, 0.15) is 5.75 Å². The molecule has 70 valence electrons. The number of rotatable bonds is 2. The number of hydrogen-bond acceptors (Lipinski definition) is 3. The summed E-state index contributed by atoms with van der Waals surface area (Å²) >= 11 is 0. The normalized spacial score (nSPS) is 12.5. The summed E-state index contributed by atoms with van der Waals surface area (Å²) in [6, 6.07) is 4.23. The summed E-state index contributed by atoms with van der Waals surface area (Å²) in [6.45, 7) is 1.67. The SMILES string of the molecule is Cc1ccc(O)cc1C(O)C(=O)O. The van der Waals surface area contributed by atoms with Crippen molar-refractivity contribution in [2.45, 2.75) is 13.0 Å². The van der Waals surface area contributed by atoms with Gasteiger partial charge in [0.05, 0.1) is 0 Å². The second-order valence-electron chi connectivity index (χ2n) is 2.78. The molecule has 0 bridgehead atoms. The number of aryl methyl sites for hydroxylation is 1. The average Bonchev–Trinajstić information content (AvgIpc) is 2.08. The first-order valence-corrected chi connectivity index (χ1v) is 3.72. The molecule has 0 spiro atoms. The minimum Gasteiger partial charge on any atom is -0.508 e. The predicted octanol–water partition coefficient (Wildman–Crippen LogP) is 0.819. The molecule has 1 atom stereocenters. The molecule has 0 aromatic heterocycles. The minimum absolute atomic E-state index is 0.0547. The van der Waals surface area contributed by atoms with Crippen LogP contribution >= 0.6 is 0 Å². The topological polar surface area (TPSA) is 77.8 Å². The quantitative estimate of drug-likeness (QED) is 0.632. The number of aromatic hydroxyl groups is 1. The van der Waals surface area contributed by atoms with Crippen molar-refractivity contribution in [1.29, 1.82) is 0 Å². The summed E-state index contributed by atoms with van der Waals surface area (Å²) < 4.78 is 0. The van der Waals surface area contributed by atoms with E-state index in [1.165, 1.54) is 12.1 Å². The van der Waals surface area contributed by atoms with Crippen molar-refractivity contribution in [2.24, 2.45) is 0 Å². The third-order valence-corrected chi connectivity index (χ3v) is 1.79. The number of aliphatic hydroxyl groups is 1. The fourth-order valence-electron chi connectivity index (χ4n) is 1.06. The Bertz CT molecular complexity index is 332. The zero-order valence-electron chi connectivity index (χ0n) is 7.06. The molecule has 0 aliphatic carbocycles. The van der Waals surface area contributed by atoms with Crippen LogP contribution in [0.4, 0.5) is 0 Å².